The van der Waals surface area contributed by atoms with E-state index in [2.05, 4.69) is 10.3 Å². The Hall–Kier alpha value is -1.70. The first-order valence-corrected chi connectivity index (χ1v) is 7.03. The zero-order chi connectivity index (χ0) is 14.4. The number of amides is 1. The van der Waals surface area contributed by atoms with Gasteiger partial charge in [-0.3, -0.25) is 4.79 Å². The minimum atomic E-state index is -0.0840. The number of fused-ring (bicyclic) bond motifs is 1. The van der Waals surface area contributed by atoms with E-state index in [1.54, 1.807) is 7.11 Å². The molecule has 108 valence electrons. The Balaban J connectivity index is 1.83. The van der Waals surface area contributed by atoms with Crippen LogP contribution in [-0.4, -0.2) is 37.8 Å². The van der Waals surface area contributed by atoms with Crippen molar-refractivity contribution in [2.24, 2.45) is 0 Å². The zero-order valence-electron chi connectivity index (χ0n) is 11.2. The van der Waals surface area contributed by atoms with Gasteiger partial charge >= 0.3 is 0 Å². The van der Waals surface area contributed by atoms with E-state index in [0.717, 1.165) is 15.9 Å². The lowest BCUT2D eigenvalue weighted by atomic mass is 10.3. The molecule has 6 nitrogen and oxygen atoms in total. The highest BCUT2D eigenvalue weighted by atomic mass is 32.1. The average molecular weight is 295 g/mol. The molecule has 0 spiro atoms. The summed E-state index contributed by atoms with van der Waals surface area (Å²) in [6.07, 6.45) is 0.312. The molecular formula is C13H17N3O3S. The van der Waals surface area contributed by atoms with Crippen LogP contribution in [0, 0.1) is 0 Å². The van der Waals surface area contributed by atoms with E-state index in [4.69, 9.17) is 15.2 Å². The SMILES string of the molecule is COCCOCCC(=O)Nc1ccc2nc(N)sc2c1. The molecule has 1 aromatic carbocycles. The number of benzene rings is 1. The lowest BCUT2D eigenvalue weighted by Crippen LogP contribution is -2.15. The number of nitrogens with zero attached hydrogens (tertiary/aromatic N) is 1. The fourth-order valence-electron chi connectivity index (χ4n) is 1.65. The molecular weight excluding hydrogens is 278 g/mol. The molecule has 0 radical (unpaired) electrons. The van der Waals surface area contributed by atoms with Crippen molar-refractivity contribution in [1.82, 2.24) is 4.98 Å². The van der Waals surface area contributed by atoms with Crippen molar-refractivity contribution in [3.63, 3.8) is 0 Å². The maximum absolute atomic E-state index is 11.7. The van der Waals surface area contributed by atoms with Gasteiger partial charge in [0.25, 0.3) is 0 Å². The summed E-state index contributed by atoms with van der Waals surface area (Å²) in [5.74, 6) is -0.0840. The Morgan fingerprint density at radius 1 is 1.40 bits per heavy atom. The molecule has 1 heterocycles. The molecule has 0 fully saturated rings. The van der Waals surface area contributed by atoms with Crippen molar-refractivity contribution in [3.05, 3.63) is 18.2 Å². The molecule has 0 saturated carbocycles. The number of ether oxygens (including phenoxy) is 2. The van der Waals surface area contributed by atoms with Gasteiger partial charge in [-0.1, -0.05) is 11.3 Å². The van der Waals surface area contributed by atoms with Crippen LogP contribution in [0.5, 0.6) is 0 Å². The Bertz CT molecular complexity index is 585. The van der Waals surface area contributed by atoms with E-state index in [1.807, 2.05) is 18.2 Å². The van der Waals surface area contributed by atoms with Crippen molar-refractivity contribution >= 4 is 38.3 Å². The van der Waals surface area contributed by atoms with Gasteiger partial charge in [-0.2, -0.15) is 0 Å². The summed E-state index contributed by atoms with van der Waals surface area (Å²) < 4.78 is 11.0. The largest absolute Gasteiger partial charge is 0.382 e. The van der Waals surface area contributed by atoms with E-state index in [-0.39, 0.29) is 5.91 Å². The van der Waals surface area contributed by atoms with E-state index in [0.29, 0.717) is 31.4 Å². The minimum absolute atomic E-state index is 0.0840. The summed E-state index contributed by atoms with van der Waals surface area (Å²) in [5, 5.41) is 3.35. The van der Waals surface area contributed by atoms with Gasteiger partial charge in [0, 0.05) is 12.8 Å². The monoisotopic (exact) mass is 295 g/mol. The third-order valence-electron chi connectivity index (χ3n) is 2.59. The van der Waals surface area contributed by atoms with Crippen LogP contribution in [0.4, 0.5) is 10.8 Å². The molecule has 2 rings (SSSR count). The van der Waals surface area contributed by atoms with Gasteiger partial charge in [-0.05, 0) is 18.2 Å². The van der Waals surface area contributed by atoms with E-state index < -0.39 is 0 Å². The molecule has 0 unspecified atom stereocenters. The van der Waals surface area contributed by atoms with Crippen molar-refractivity contribution in [1.29, 1.82) is 0 Å². The molecule has 0 aliphatic carbocycles. The quantitative estimate of drug-likeness (QED) is 0.762. The van der Waals surface area contributed by atoms with Crippen molar-refractivity contribution in [2.75, 3.05) is 38.0 Å². The number of carbonyl (C=O) groups is 1. The minimum Gasteiger partial charge on any atom is -0.382 e. The van der Waals surface area contributed by atoms with E-state index in [9.17, 15) is 4.79 Å². The van der Waals surface area contributed by atoms with Crippen LogP contribution >= 0.6 is 11.3 Å². The first-order valence-electron chi connectivity index (χ1n) is 6.21. The number of nitrogens with one attached hydrogen (secondary N) is 1. The van der Waals surface area contributed by atoms with Crippen LogP contribution < -0.4 is 11.1 Å². The maximum atomic E-state index is 11.7. The number of hydrogen-bond acceptors (Lipinski definition) is 6. The number of thiazole rings is 1. The molecule has 0 aliphatic rings. The molecule has 0 aliphatic heterocycles. The van der Waals surface area contributed by atoms with Crippen LogP contribution in [0.1, 0.15) is 6.42 Å². The molecule has 0 bridgehead atoms. The molecule has 0 saturated heterocycles. The summed E-state index contributed by atoms with van der Waals surface area (Å²) in [7, 11) is 1.61. The van der Waals surface area contributed by atoms with Crippen molar-refractivity contribution < 1.29 is 14.3 Å². The number of carbonyl (C=O) groups excluding carboxylic acids is 1. The number of rotatable bonds is 7. The maximum Gasteiger partial charge on any atom is 0.226 e. The number of nitrogen functional groups attached to an aromatic ring is 1. The summed E-state index contributed by atoms with van der Waals surface area (Å²) in [6, 6.07) is 5.52. The molecule has 7 heteroatoms. The Kier molecular flexibility index (Phi) is 5.28. The Morgan fingerprint density at radius 3 is 3.05 bits per heavy atom. The second-order valence-corrected chi connectivity index (χ2v) is 5.20. The number of methoxy groups -OCH3 is 1. The lowest BCUT2D eigenvalue weighted by molar-refractivity contribution is -0.117. The first kappa shape index (κ1) is 14.7. The number of anilines is 2. The number of hydrogen-bond donors (Lipinski definition) is 2. The topological polar surface area (TPSA) is 86.5 Å². The van der Waals surface area contributed by atoms with Crippen LogP contribution in [0.15, 0.2) is 18.2 Å². The molecule has 1 aromatic heterocycles. The third-order valence-corrected chi connectivity index (χ3v) is 3.44. The van der Waals surface area contributed by atoms with Gasteiger partial charge in [0.15, 0.2) is 5.13 Å². The highest BCUT2D eigenvalue weighted by Crippen LogP contribution is 2.26. The first-order chi connectivity index (χ1) is 9.69. The normalized spacial score (nSPS) is 10.8. The molecule has 0 atom stereocenters. The Morgan fingerprint density at radius 2 is 2.25 bits per heavy atom. The summed E-state index contributed by atoms with van der Waals surface area (Å²) in [4.78, 5) is 15.9. The molecule has 1 amide bonds. The van der Waals surface area contributed by atoms with Crippen molar-refractivity contribution in [3.8, 4) is 0 Å². The van der Waals surface area contributed by atoms with Gasteiger partial charge in [0.2, 0.25) is 5.91 Å². The van der Waals surface area contributed by atoms with Crippen LogP contribution in [0.3, 0.4) is 0 Å². The Labute approximate surface area is 120 Å². The second kappa shape index (κ2) is 7.18. The van der Waals surface area contributed by atoms with Crippen LogP contribution in [-0.2, 0) is 14.3 Å². The number of aromatic nitrogens is 1. The summed E-state index contributed by atoms with van der Waals surface area (Å²) in [5.41, 5.74) is 7.22. The predicted octanol–water partition coefficient (Wildman–Crippen LogP) is 1.87. The predicted molar refractivity (Wildman–Crippen MR) is 80.0 cm³/mol. The van der Waals surface area contributed by atoms with Crippen LogP contribution in [0.25, 0.3) is 10.2 Å². The standard InChI is InChI=1S/C13H17N3O3S/c1-18-6-7-19-5-4-12(17)15-9-2-3-10-11(8-9)20-13(14)16-10/h2-3,8H,4-7H2,1H3,(H2,14,16)(H,15,17). The van der Waals surface area contributed by atoms with Crippen LogP contribution in [0.2, 0.25) is 0 Å². The average Bonchev–Trinajstić information content (AvgIpc) is 2.78. The fraction of sp³-hybridized carbons (Fsp3) is 0.385. The summed E-state index contributed by atoms with van der Waals surface area (Å²) in [6.45, 7) is 1.41. The van der Waals surface area contributed by atoms with Crippen molar-refractivity contribution in [2.45, 2.75) is 6.42 Å². The molecule has 20 heavy (non-hydrogen) atoms. The van der Waals surface area contributed by atoms with Gasteiger partial charge < -0.3 is 20.5 Å². The van der Waals surface area contributed by atoms with E-state index >= 15 is 0 Å². The zero-order valence-corrected chi connectivity index (χ0v) is 12.0. The highest BCUT2D eigenvalue weighted by molar-refractivity contribution is 7.22. The van der Waals surface area contributed by atoms with E-state index in [1.165, 1.54) is 11.3 Å². The highest BCUT2D eigenvalue weighted by Gasteiger charge is 2.05. The number of nitrogens with two attached hydrogens (primary N) is 1. The third kappa shape index (κ3) is 4.16. The molecule has 3 N–H and O–H groups in total. The summed E-state index contributed by atoms with van der Waals surface area (Å²) >= 11 is 1.40. The van der Waals surface area contributed by atoms with Gasteiger partial charge in [0.1, 0.15) is 0 Å². The van der Waals surface area contributed by atoms with Gasteiger partial charge in [-0.15, -0.1) is 0 Å². The van der Waals surface area contributed by atoms with Gasteiger partial charge in [0.05, 0.1) is 36.5 Å². The fourth-order valence-corrected chi connectivity index (χ4v) is 2.43. The molecule has 2 aromatic rings. The second-order valence-electron chi connectivity index (χ2n) is 4.14. The smallest absolute Gasteiger partial charge is 0.226 e. The van der Waals surface area contributed by atoms with Gasteiger partial charge in [-0.25, -0.2) is 4.98 Å². The lowest BCUT2D eigenvalue weighted by Gasteiger charge is -2.06.